The molecule has 1 N–H and O–H groups in total. The van der Waals surface area contributed by atoms with E-state index in [9.17, 15) is 4.79 Å². The van der Waals surface area contributed by atoms with Gasteiger partial charge in [0.2, 0.25) is 5.91 Å². The first-order chi connectivity index (χ1) is 13.0. The lowest BCUT2D eigenvalue weighted by Crippen LogP contribution is -2.15. The summed E-state index contributed by atoms with van der Waals surface area (Å²) >= 11 is 13.4. The molecule has 0 atom stereocenters. The summed E-state index contributed by atoms with van der Waals surface area (Å²) in [6.45, 7) is 2.77. The van der Waals surface area contributed by atoms with Crippen molar-refractivity contribution in [2.24, 2.45) is 7.05 Å². The Morgan fingerprint density at radius 1 is 1.26 bits per heavy atom. The first-order valence-corrected chi connectivity index (χ1v) is 10.1. The fraction of sp³-hybridized carbons (Fsp3) is 0.278. The molecule has 0 saturated carbocycles. The van der Waals surface area contributed by atoms with Crippen LogP contribution >= 0.6 is 35.0 Å². The highest BCUT2D eigenvalue weighted by molar-refractivity contribution is 7.99. The number of anilines is 1. The maximum atomic E-state index is 12.3. The Bertz CT molecular complexity index is 953. The van der Waals surface area contributed by atoms with Crippen molar-refractivity contribution < 1.29 is 4.79 Å². The Balaban J connectivity index is 1.64. The molecule has 1 amide bonds. The molecule has 0 bridgehead atoms. The minimum atomic E-state index is -0.182. The van der Waals surface area contributed by atoms with Gasteiger partial charge in [-0.1, -0.05) is 35.0 Å². The minimum absolute atomic E-state index is 0.182. The number of hydrogen-bond acceptors (Lipinski definition) is 4. The summed E-state index contributed by atoms with van der Waals surface area (Å²) in [6, 6.07) is 9.01. The lowest BCUT2D eigenvalue weighted by molar-refractivity contribution is -0.113. The van der Waals surface area contributed by atoms with Crippen LogP contribution in [-0.4, -0.2) is 31.0 Å². The maximum Gasteiger partial charge on any atom is 0.234 e. The molecule has 0 unspecified atom stereocenters. The summed E-state index contributed by atoms with van der Waals surface area (Å²) in [6.07, 6.45) is 2.69. The number of aryl methyl sites for hydroxylation is 1. The monoisotopic (exact) mass is 423 g/mol. The van der Waals surface area contributed by atoms with E-state index in [-0.39, 0.29) is 11.7 Å². The molecule has 0 aliphatic rings. The number of halogens is 2. The number of hydrogen-bond donors (Lipinski definition) is 1. The molecule has 0 spiro atoms. The lowest BCUT2D eigenvalue weighted by Gasteiger charge is -2.09. The van der Waals surface area contributed by atoms with Gasteiger partial charge in [0.1, 0.15) is 5.82 Å². The van der Waals surface area contributed by atoms with Gasteiger partial charge in [-0.25, -0.2) is 0 Å². The zero-order valence-electron chi connectivity index (χ0n) is 14.9. The Kier molecular flexibility index (Phi) is 6.46. The number of carbonyl (C=O) groups is 1. The minimum Gasteiger partial charge on any atom is -0.354 e. The van der Waals surface area contributed by atoms with Gasteiger partial charge in [0, 0.05) is 36.9 Å². The molecular weight excluding hydrogens is 405 g/mol. The molecule has 3 rings (SSSR count). The third-order valence-corrected chi connectivity index (χ3v) is 5.57. The van der Waals surface area contributed by atoms with E-state index in [2.05, 4.69) is 26.1 Å². The van der Waals surface area contributed by atoms with E-state index < -0.39 is 0 Å². The Morgan fingerprint density at radius 2 is 2.07 bits per heavy atom. The number of amides is 1. The van der Waals surface area contributed by atoms with E-state index in [0.29, 0.717) is 27.3 Å². The molecule has 142 valence electrons. The normalized spacial score (nSPS) is 11.0. The fourth-order valence-corrected chi connectivity index (χ4v) is 3.78. The van der Waals surface area contributed by atoms with Crippen LogP contribution in [0, 0.1) is 0 Å². The molecule has 6 nitrogen and oxygen atoms in total. The van der Waals surface area contributed by atoms with Crippen LogP contribution in [0.3, 0.4) is 0 Å². The van der Waals surface area contributed by atoms with Gasteiger partial charge in [-0.05, 0) is 37.3 Å². The number of carbonyl (C=O) groups excluding carboxylic acids is 1. The van der Waals surface area contributed by atoms with Crippen molar-refractivity contribution >= 4 is 46.6 Å². The van der Waals surface area contributed by atoms with Crippen LogP contribution < -0.4 is 5.32 Å². The third-order valence-electron chi connectivity index (χ3n) is 4.04. The van der Waals surface area contributed by atoms with E-state index in [1.807, 2.05) is 30.8 Å². The van der Waals surface area contributed by atoms with Gasteiger partial charge < -0.3 is 14.5 Å². The predicted molar refractivity (Wildman–Crippen MR) is 110 cm³/mol. The van der Waals surface area contributed by atoms with Gasteiger partial charge in [0.25, 0.3) is 0 Å². The van der Waals surface area contributed by atoms with Crippen molar-refractivity contribution in [3.8, 4) is 0 Å². The van der Waals surface area contributed by atoms with Crippen molar-refractivity contribution in [2.45, 2.75) is 25.0 Å². The van der Waals surface area contributed by atoms with Gasteiger partial charge in [-0.3, -0.25) is 4.79 Å². The van der Waals surface area contributed by atoms with Crippen molar-refractivity contribution in [2.75, 3.05) is 11.1 Å². The summed E-state index contributed by atoms with van der Waals surface area (Å²) in [5, 5.41) is 13.0. The van der Waals surface area contributed by atoms with Gasteiger partial charge in [-0.2, -0.15) is 0 Å². The lowest BCUT2D eigenvalue weighted by atomic mass is 10.3. The van der Waals surface area contributed by atoms with Crippen LogP contribution in [-0.2, 0) is 24.8 Å². The Hall–Kier alpha value is -1.96. The number of benzene rings is 1. The first kappa shape index (κ1) is 19.8. The molecule has 2 heterocycles. The molecule has 0 aliphatic heterocycles. The Morgan fingerprint density at radius 3 is 2.78 bits per heavy atom. The molecular formula is C18H19Cl2N5OS. The van der Waals surface area contributed by atoms with Crippen LogP contribution in [0.5, 0.6) is 0 Å². The maximum absolute atomic E-state index is 12.3. The van der Waals surface area contributed by atoms with Crippen molar-refractivity contribution in [3.05, 3.63) is 58.1 Å². The number of nitrogens with one attached hydrogen (secondary N) is 1. The van der Waals surface area contributed by atoms with E-state index in [1.54, 1.807) is 18.2 Å². The summed E-state index contributed by atoms with van der Waals surface area (Å²) in [4.78, 5) is 12.3. The van der Waals surface area contributed by atoms with E-state index in [0.717, 1.165) is 18.1 Å². The first-order valence-electron chi connectivity index (χ1n) is 8.38. The van der Waals surface area contributed by atoms with E-state index in [4.69, 9.17) is 23.2 Å². The molecule has 0 aliphatic carbocycles. The molecule has 2 aromatic heterocycles. The van der Waals surface area contributed by atoms with Crippen LogP contribution in [0.15, 0.2) is 41.7 Å². The predicted octanol–water partition coefficient (Wildman–Crippen LogP) is 4.26. The summed E-state index contributed by atoms with van der Waals surface area (Å²) in [7, 11) is 2.00. The average molecular weight is 424 g/mol. The van der Waals surface area contributed by atoms with Gasteiger partial charge in [-0.15, -0.1) is 10.2 Å². The zero-order valence-corrected chi connectivity index (χ0v) is 17.3. The van der Waals surface area contributed by atoms with E-state index in [1.165, 1.54) is 11.8 Å². The fourth-order valence-electron chi connectivity index (χ4n) is 2.63. The van der Waals surface area contributed by atoms with Crippen LogP contribution in [0.2, 0.25) is 10.0 Å². The topological polar surface area (TPSA) is 64.7 Å². The standard InChI is InChI=1S/C18H19Cl2N5OS/c1-3-25-16(10-13-5-4-8-24(13)2)22-23-18(25)27-11-17(26)21-15-9-12(19)6-7-14(15)20/h4-9H,3,10-11H2,1-2H3,(H,21,26). The molecule has 9 heteroatoms. The van der Waals surface area contributed by atoms with Crippen molar-refractivity contribution in [3.63, 3.8) is 0 Å². The highest BCUT2D eigenvalue weighted by Crippen LogP contribution is 2.26. The quantitative estimate of drug-likeness (QED) is 0.576. The molecule has 0 saturated heterocycles. The second kappa shape index (κ2) is 8.82. The van der Waals surface area contributed by atoms with Crippen molar-refractivity contribution in [1.82, 2.24) is 19.3 Å². The second-order valence-corrected chi connectivity index (χ2v) is 7.68. The number of thioether (sulfide) groups is 1. The number of aromatic nitrogens is 4. The molecule has 1 aromatic carbocycles. The smallest absolute Gasteiger partial charge is 0.234 e. The summed E-state index contributed by atoms with van der Waals surface area (Å²) in [5.41, 5.74) is 1.65. The Labute approximate surface area is 171 Å². The highest BCUT2D eigenvalue weighted by Gasteiger charge is 2.15. The van der Waals surface area contributed by atoms with Crippen LogP contribution in [0.25, 0.3) is 0 Å². The SMILES string of the molecule is CCn1c(Cc2cccn2C)nnc1SCC(=O)Nc1cc(Cl)ccc1Cl. The van der Waals surface area contributed by atoms with Crippen molar-refractivity contribution in [1.29, 1.82) is 0 Å². The second-order valence-electron chi connectivity index (χ2n) is 5.89. The molecule has 0 radical (unpaired) electrons. The zero-order chi connectivity index (χ0) is 19.4. The third kappa shape index (κ3) is 4.86. The van der Waals surface area contributed by atoms with Gasteiger partial charge in [0.15, 0.2) is 5.16 Å². The van der Waals surface area contributed by atoms with Crippen LogP contribution in [0.1, 0.15) is 18.4 Å². The summed E-state index contributed by atoms with van der Waals surface area (Å²) in [5.74, 6) is 0.893. The molecule has 0 fully saturated rings. The number of rotatable bonds is 7. The number of nitrogens with zero attached hydrogens (tertiary/aromatic N) is 4. The van der Waals surface area contributed by atoms with Gasteiger partial charge in [0.05, 0.1) is 16.5 Å². The molecule has 27 heavy (non-hydrogen) atoms. The molecule has 3 aromatic rings. The largest absolute Gasteiger partial charge is 0.354 e. The van der Waals surface area contributed by atoms with Gasteiger partial charge >= 0.3 is 0 Å². The van der Waals surface area contributed by atoms with Crippen LogP contribution in [0.4, 0.5) is 5.69 Å². The highest BCUT2D eigenvalue weighted by atomic mass is 35.5. The summed E-state index contributed by atoms with van der Waals surface area (Å²) < 4.78 is 4.08. The average Bonchev–Trinajstić information content (AvgIpc) is 3.22. The van der Waals surface area contributed by atoms with E-state index >= 15 is 0 Å².